The molecule has 0 unspecified atom stereocenters. The summed E-state index contributed by atoms with van der Waals surface area (Å²) in [6.07, 6.45) is 0. The van der Waals surface area contributed by atoms with Gasteiger partial charge >= 0.3 is 0 Å². The van der Waals surface area contributed by atoms with Gasteiger partial charge in [0.05, 0.1) is 0 Å². The first-order valence-corrected chi connectivity index (χ1v) is 17.5. The third-order valence-corrected chi connectivity index (χ3v) is 10.3. The lowest BCUT2D eigenvalue weighted by molar-refractivity contribution is 0.590. The molecule has 6 heteroatoms. The molecule has 2 heterocycles. The van der Waals surface area contributed by atoms with Crippen molar-refractivity contribution in [3.05, 3.63) is 175 Å². The third kappa shape index (κ3) is 5.29. The Kier molecular flexibility index (Phi) is 7.40. The first-order valence-electron chi connectivity index (χ1n) is 17.5. The molecular formula is C46H34BF3N2. The van der Waals surface area contributed by atoms with E-state index in [2.05, 4.69) is 75.4 Å². The molecule has 0 aliphatic carbocycles. The van der Waals surface area contributed by atoms with E-state index in [1.54, 1.807) is 12.1 Å². The minimum Gasteiger partial charge on any atom is -0.311 e. The number of hydrogen-bond acceptors (Lipinski definition) is 2. The van der Waals surface area contributed by atoms with Crippen LogP contribution < -0.4 is 26.2 Å². The average Bonchev–Trinajstić information content (AvgIpc) is 3.14. The van der Waals surface area contributed by atoms with Gasteiger partial charge in [-0.15, -0.1) is 0 Å². The van der Waals surface area contributed by atoms with Gasteiger partial charge in [0.25, 0.3) is 6.71 Å². The van der Waals surface area contributed by atoms with E-state index in [9.17, 15) is 0 Å². The highest BCUT2D eigenvalue weighted by Crippen LogP contribution is 2.46. The number of hydrogen-bond donors (Lipinski definition) is 0. The summed E-state index contributed by atoms with van der Waals surface area (Å²) in [6.45, 7) is 6.08. The van der Waals surface area contributed by atoms with Crippen LogP contribution in [0.2, 0.25) is 0 Å². The Bertz CT molecular complexity index is 2430. The number of anilines is 6. The van der Waals surface area contributed by atoms with E-state index in [1.165, 1.54) is 24.3 Å². The zero-order valence-corrected chi connectivity index (χ0v) is 29.0. The molecule has 0 bridgehead atoms. The maximum absolute atomic E-state index is 16.3. The SMILES string of the molecule is CC(C)(C)c1ccc(N2c3cc(F)ccc3B3c4ccc(F)cc4N(c4cc(-c5ccccc5)cc(-c5ccccc5)c4)c4cc(F)cc2c43)cc1. The average molecular weight is 683 g/mol. The van der Waals surface area contributed by atoms with Crippen LogP contribution in [0.3, 0.4) is 0 Å². The summed E-state index contributed by atoms with van der Waals surface area (Å²) in [5.74, 6) is -1.24. The minimum absolute atomic E-state index is 0.0695. The first-order chi connectivity index (χ1) is 25.1. The van der Waals surface area contributed by atoms with Gasteiger partial charge in [-0.2, -0.15) is 0 Å². The van der Waals surface area contributed by atoms with E-state index >= 15 is 13.2 Å². The standard InChI is InChI=1S/C46H34BF3N2/c1-46(2,3)33-14-18-37(19-15-33)51-41-25-34(48)16-20-39(41)47-40-21-17-35(49)26-42(40)52(44-28-36(50)27-43(51)45(44)47)38-23-31(29-10-6-4-7-11-29)22-32(24-38)30-12-8-5-9-13-30/h4-28H,1-3H3. The van der Waals surface area contributed by atoms with E-state index in [0.29, 0.717) is 22.7 Å². The van der Waals surface area contributed by atoms with Gasteiger partial charge < -0.3 is 9.80 Å². The molecule has 2 nitrogen and oxygen atoms in total. The quantitative estimate of drug-likeness (QED) is 0.171. The number of fused-ring (bicyclic) bond motifs is 4. The second-order valence-electron chi connectivity index (χ2n) is 14.7. The Balaban J connectivity index is 1.34. The smallest absolute Gasteiger partial charge is 0.252 e. The van der Waals surface area contributed by atoms with Gasteiger partial charge in [0.15, 0.2) is 0 Å². The highest BCUT2D eigenvalue weighted by atomic mass is 19.1. The normalized spacial score (nSPS) is 13.1. The van der Waals surface area contributed by atoms with Crippen molar-refractivity contribution in [1.82, 2.24) is 0 Å². The summed E-state index contributed by atoms with van der Waals surface area (Å²) >= 11 is 0. The second-order valence-corrected chi connectivity index (χ2v) is 14.7. The largest absolute Gasteiger partial charge is 0.311 e. The van der Waals surface area contributed by atoms with Gasteiger partial charge in [-0.25, -0.2) is 13.2 Å². The predicted octanol–water partition coefficient (Wildman–Crippen LogP) is 10.8. The summed E-state index contributed by atoms with van der Waals surface area (Å²) < 4.78 is 46.9. The Hall–Kier alpha value is -6.01. The van der Waals surface area contributed by atoms with E-state index in [-0.39, 0.29) is 5.41 Å². The molecule has 0 atom stereocenters. The molecule has 2 aliphatic heterocycles. The van der Waals surface area contributed by atoms with Crippen LogP contribution in [-0.4, -0.2) is 6.71 Å². The van der Waals surface area contributed by atoms with E-state index in [1.807, 2.05) is 70.5 Å². The van der Waals surface area contributed by atoms with Crippen molar-refractivity contribution in [3.63, 3.8) is 0 Å². The maximum Gasteiger partial charge on any atom is 0.252 e. The lowest BCUT2D eigenvalue weighted by atomic mass is 9.33. The molecule has 0 radical (unpaired) electrons. The molecule has 0 saturated heterocycles. The van der Waals surface area contributed by atoms with Crippen molar-refractivity contribution in [2.75, 3.05) is 9.80 Å². The lowest BCUT2D eigenvalue weighted by Gasteiger charge is -2.44. The minimum atomic E-state index is -0.448. The Morgan fingerprint density at radius 2 is 0.885 bits per heavy atom. The summed E-state index contributed by atoms with van der Waals surface area (Å²) in [5.41, 5.74) is 11.7. The van der Waals surface area contributed by atoms with Crippen LogP contribution in [0.1, 0.15) is 26.3 Å². The topological polar surface area (TPSA) is 6.48 Å². The fraction of sp³-hybridized carbons (Fsp3) is 0.0870. The lowest BCUT2D eigenvalue weighted by Crippen LogP contribution is -2.61. The summed E-state index contributed by atoms with van der Waals surface area (Å²) in [4.78, 5) is 3.96. The number of rotatable bonds is 4. The molecule has 52 heavy (non-hydrogen) atoms. The number of nitrogens with zero attached hydrogens (tertiary/aromatic N) is 2. The van der Waals surface area contributed by atoms with Crippen molar-refractivity contribution in [1.29, 1.82) is 0 Å². The summed E-state index contributed by atoms with van der Waals surface area (Å²) in [5, 5.41) is 0. The molecule has 252 valence electrons. The molecule has 0 fully saturated rings. The van der Waals surface area contributed by atoms with Crippen molar-refractivity contribution >= 4 is 57.2 Å². The van der Waals surface area contributed by atoms with Crippen LogP contribution in [0.25, 0.3) is 22.3 Å². The van der Waals surface area contributed by atoms with Crippen molar-refractivity contribution in [2.24, 2.45) is 0 Å². The molecular weight excluding hydrogens is 648 g/mol. The van der Waals surface area contributed by atoms with Crippen molar-refractivity contribution in [2.45, 2.75) is 26.2 Å². The summed E-state index contributed by atoms with van der Waals surface area (Å²) in [7, 11) is 0. The fourth-order valence-electron chi connectivity index (χ4n) is 7.90. The van der Waals surface area contributed by atoms with E-state index < -0.39 is 24.2 Å². The molecule has 0 saturated carbocycles. The van der Waals surface area contributed by atoms with Crippen molar-refractivity contribution < 1.29 is 13.2 Å². The highest BCUT2D eigenvalue weighted by Gasteiger charge is 2.44. The number of halogens is 3. The van der Waals surface area contributed by atoms with Gasteiger partial charge in [-0.1, -0.05) is 106 Å². The molecule has 0 amide bonds. The third-order valence-electron chi connectivity index (χ3n) is 10.3. The van der Waals surface area contributed by atoms with Crippen LogP contribution in [-0.2, 0) is 5.41 Å². The zero-order chi connectivity index (χ0) is 35.7. The van der Waals surface area contributed by atoms with Crippen LogP contribution in [0.5, 0.6) is 0 Å². The van der Waals surface area contributed by atoms with Gasteiger partial charge in [-0.3, -0.25) is 0 Å². The van der Waals surface area contributed by atoms with Gasteiger partial charge in [0.1, 0.15) is 17.5 Å². The van der Waals surface area contributed by atoms with E-state index in [4.69, 9.17) is 0 Å². The van der Waals surface area contributed by atoms with Crippen LogP contribution >= 0.6 is 0 Å². The molecule has 2 aliphatic rings. The maximum atomic E-state index is 16.3. The van der Waals surface area contributed by atoms with Crippen LogP contribution in [0, 0.1) is 17.5 Å². The molecule has 7 aromatic rings. The molecule has 9 rings (SSSR count). The molecule has 0 N–H and O–H groups in total. The Morgan fingerprint density at radius 3 is 1.37 bits per heavy atom. The van der Waals surface area contributed by atoms with Crippen molar-refractivity contribution in [3.8, 4) is 22.3 Å². The van der Waals surface area contributed by atoms with E-state index in [0.717, 1.165) is 55.6 Å². The zero-order valence-electron chi connectivity index (χ0n) is 29.0. The highest BCUT2D eigenvalue weighted by molar-refractivity contribution is 7.00. The number of benzene rings is 7. The first kappa shape index (κ1) is 31.9. The molecule has 0 aromatic heterocycles. The van der Waals surface area contributed by atoms with Gasteiger partial charge in [-0.05, 0) is 116 Å². The second kappa shape index (κ2) is 12.1. The summed E-state index contributed by atoms with van der Waals surface area (Å²) in [6, 6.07) is 47.5. The predicted molar refractivity (Wildman–Crippen MR) is 210 cm³/mol. The van der Waals surface area contributed by atoms with Gasteiger partial charge in [0, 0.05) is 34.1 Å². The van der Waals surface area contributed by atoms with Crippen LogP contribution in [0.4, 0.5) is 47.3 Å². The molecule has 7 aromatic carbocycles. The Morgan fingerprint density at radius 1 is 0.423 bits per heavy atom. The molecule has 0 spiro atoms. The van der Waals surface area contributed by atoms with Crippen LogP contribution in [0.15, 0.2) is 152 Å². The van der Waals surface area contributed by atoms with Gasteiger partial charge in [0.2, 0.25) is 0 Å². The Labute approximate surface area is 302 Å². The monoisotopic (exact) mass is 682 g/mol. The fourth-order valence-corrected chi connectivity index (χ4v) is 7.90.